The van der Waals surface area contributed by atoms with E-state index in [9.17, 15) is 0 Å². The van der Waals surface area contributed by atoms with Gasteiger partial charge in [-0.15, -0.1) is 0 Å². The molecule has 8 nitrogen and oxygen atoms in total. The Morgan fingerprint density at radius 2 is 1.23 bits per heavy atom. The van der Waals surface area contributed by atoms with Crippen LogP contribution in [-0.4, -0.2) is 39.5 Å². The molecular weight excluding hydrogens is 280 g/mol. The molecule has 0 aliphatic heterocycles. The van der Waals surface area contributed by atoms with E-state index in [-0.39, 0.29) is 0 Å². The van der Waals surface area contributed by atoms with E-state index in [1.807, 2.05) is 24.3 Å². The van der Waals surface area contributed by atoms with Gasteiger partial charge in [0.1, 0.15) is 25.3 Å². The van der Waals surface area contributed by atoms with Crippen molar-refractivity contribution in [1.29, 1.82) is 0 Å². The van der Waals surface area contributed by atoms with Gasteiger partial charge in [-0.25, -0.2) is 29.3 Å². The molecule has 0 spiro atoms. The zero-order chi connectivity index (χ0) is 14.8. The highest BCUT2D eigenvalue weighted by molar-refractivity contribution is 5.74. The first-order valence-corrected chi connectivity index (χ1v) is 6.78. The largest absolute Gasteiger partial charge is 0.247 e. The van der Waals surface area contributed by atoms with Crippen LogP contribution in [0.2, 0.25) is 0 Å². The zero-order valence-electron chi connectivity index (χ0n) is 11.6. The summed E-state index contributed by atoms with van der Waals surface area (Å²) in [6.45, 7) is 1.03. The SMILES string of the molecule is c1ccc2nc(Cn3cncn3)c(Cn3cncn3)nc2c1. The van der Waals surface area contributed by atoms with Gasteiger partial charge in [0.2, 0.25) is 0 Å². The van der Waals surface area contributed by atoms with E-state index in [0.717, 1.165) is 22.4 Å². The van der Waals surface area contributed by atoms with E-state index in [1.165, 1.54) is 12.7 Å². The van der Waals surface area contributed by atoms with Gasteiger partial charge in [-0.3, -0.25) is 0 Å². The quantitative estimate of drug-likeness (QED) is 0.555. The van der Waals surface area contributed by atoms with Crippen molar-refractivity contribution in [1.82, 2.24) is 39.5 Å². The summed E-state index contributed by atoms with van der Waals surface area (Å²) in [6, 6.07) is 7.81. The fourth-order valence-corrected chi connectivity index (χ4v) is 2.26. The minimum Gasteiger partial charge on any atom is -0.247 e. The van der Waals surface area contributed by atoms with E-state index in [1.54, 1.807) is 22.0 Å². The first-order valence-electron chi connectivity index (χ1n) is 6.78. The lowest BCUT2D eigenvalue weighted by Gasteiger charge is -2.09. The molecule has 22 heavy (non-hydrogen) atoms. The molecule has 3 aromatic heterocycles. The number of hydrogen-bond acceptors (Lipinski definition) is 6. The number of fused-ring (bicyclic) bond motifs is 1. The third-order valence-electron chi connectivity index (χ3n) is 3.28. The van der Waals surface area contributed by atoms with Gasteiger partial charge in [-0.1, -0.05) is 12.1 Å². The molecule has 0 fully saturated rings. The molecule has 0 radical (unpaired) electrons. The molecule has 0 aliphatic carbocycles. The molecule has 0 saturated heterocycles. The summed E-state index contributed by atoms with van der Waals surface area (Å²) in [5.41, 5.74) is 3.42. The van der Waals surface area contributed by atoms with Crippen LogP contribution in [0.15, 0.2) is 49.6 Å². The number of rotatable bonds is 4. The van der Waals surface area contributed by atoms with E-state index < -0.39 is 0 Å². The van der Waals surface area contributed by atoms with Gasteiger partial charge in [-0.05, 0) is 12.1 Å². The van der Waals surface area contributed by atoms with Crippen LogP contribution in [0.25, 0.3) is 11.0 Å². The lowest BCUT2D eigenvalue weighted by atomic mass is 10.2. The number of para-hydroxylation sites is 2. The maximum atomic E-state index is 4.72. The third-order valence-corrected chi connectivity index (χ3v) is 3.28. The van der Waals surface area contributed by atoms with E-state index in [4.69, 9.17) is 9.97 Å². The van der Waals surface area contributed by atoms with Crippen molar-refractivity contribution < 1.29 is 0 Å². The second-order valence-corrected chi connectivity index (χ2v) is 4.79. The van der Waals surface area contributed by atoms with Crippen LogP contribution in [-0.2, 0) is 13.1 Å². The number of benzene rings is 1. The highest BCUT2D eigenvalue weighted by Gasteiger charge is 2.11. The van der Waals surface area contributed by atoms with E-state index >= 15 is 0 Å². The molecule has 4 rings (SSSR count). The smallest absolute Gasteiger partial charge is 0.137 e. The lowest BCUT2D eigenvalue weighted by Crippen LogP contribution is -2.12. The predicted octanol–water partition coefficient (Wildman–Crippen LogP) is 0.909. The van der Waals surface area contributed by atoms with Crippen LogP contribution in [0.4, 0.5) is 0 Å². The molecule has 0 saturated carbocycles. The average molecular weight is 292 g/mol. The third kappa shape index (κ3) is 2.41. The van der Waals surface area contributed by atoms with Crippen molar-refractivity contribution in [2.24, 2.45) is 0 Å². The molecule has 0 unspecified atom stereocenters. The fraction of sp³-hybridized carbons (Fsp3) is 0.143. The second kappa shape index (κ2) is 5.32. The number of nitrogens with zero attached hydrogens (tertiary/aromatic N) is 8. The maximum absolute atomic E-state index is 4.72. The van der Waals surface area contributed by atoms with Crippen LogP contribution >= 0.6 is 0 Å². The Kier molecular flexibility index (Phi) is 3.04. The molecular formula is C14H12N8. The molecule has 0 bridgehead atoms. The summed E-state index contributed by atoms with van der Waals surface area (Å²) in [4.78, 5) is 17.4. The molecule has 0 amide bonds. The van der Waals surface area contributed by atoms with Crippen LogP contribution in [0.5, 0.6) is 0 Å². The summed E-state index contributed by atoms with van der Waals surface area (Å²) < 4.78 is 3.45. The molecule has 0 N–H and O–H groups in total. The van der Waals surface area contributed by atoms with Crippen molar-refractivity contribution in [3.63, 3.8) is 0 Å². The van der Waals surface area contributed by atoms with Crippen LogP contribution in [0.1, 0.15) is 11.4 Å². The first-order chi connectivity index (χ1) is 10.9. The van der Waals surface area contributed by atoms with Gasteiger partial charge >= 0.3 is 0 Å². The minimum atomic E-state index is 0.516. The highest BCUT2D eigenvalue weighted by Crippen LogP contribution is 2.14. The molecule has 108 valence electrons. The van der Waals surface area contributed by atoms with E-state index in [0.29, 0.717) is 13.1 Å². The summed E-state index contributed by atoms with van der Waals surface area (Å²) in [5, 5.41) is 8.27. The Morgan fingerprint density at radius 1 is 0.727 bits per heavy atom. The van der Waals surface area contributed by atoms with E-state index in [2.05, 4.69) is 20.2 Å². The minimum absolute atomic E-state index is 0.516. The molecule has 0 aliphatic rings. The molecule has 8 heteroatoms. The van der Waals surface area contributed by atoms with Crippen LogP contribution in [0, 0.1) is 0 Å². The Morgan fingerprint density at radius 3 is 1.64 bits per heavy atom. The fourth-order valence-electron chi connectivity index (χ4n) is 2.26. The monoisotopic (exact) mass is 292 g/mol. The Bertz CT molecular complexity index is 808. The van der Waals surface area contributed by atoms with Crippen molar-refractivity contribution in [2.75, 3.05) is 0 Å². The first kappa shape index (κ1) is 12.6. The van der Waals surface area contributed by atoms with Gasteiger partial charge in [0.25, 0.3) is 0 Å². The molecule has 1 aromatic carbocycles. The number of hydrogen-bond donors (Lipinski definition) is 0. The summed E-state index contributed by atoms with van der Waals surface area (Å²) in [7, 11) is 0. The topological polar surface area (TPSA) is 87.2 Å². The predicted molar refractivity (Wildman–Crippen MR) is 77.8 cm³/mol. The summed E-state index contributed by atoms with van der Waals surface area (Å²) in [5.74, 6) is 0. The number of aromatic nitrogens is 8. The second-order valence-electron chi connectivity index (χ2n) is 4.79. The Balaban J connectivity index is 1.79. The van der Waals surface area contributed by atoms with Gasteiger partial charge in [0.15, 0.2) is 0 Å². The van der Waals surface area contributed by atoms with Crippen molar-refractivity contribution in [3.8, 4) is 0 Å². The normalized spacial score (nSPS) is 11.1. The maximum Gasteiger partial charge on any atom is 0.137 e. The van der Waals surface area contributed by atoms with Crippen molar-refractivity contribution in [3.05, 3.63) is 61.0 Å². The molecule has 4 aromatic rings. The van der Waals surface area contributed by atoms with Crippen molar-refractivity contribution in [2.45, 2.75) is 13.1 Å². The molecule has 0 atom stereocenters. The Hall–Kier alpha value is -3.16. The van der Waals surface area contributed by atoms with Gasteiger partial charge in [-0.2, -0.15) is 10.2 Å². The van der Waals surface area contributed by atoms with Crippen LogP contribution < -0.4 is 0 Å². The zero-order valence-corrected chi connectivity index (χ0v) is 11.6. The van der Waals surface area contributed by atoms with Crippen molar-refractivity contribution >= 4 is 11.0 Å². The van der Waals surface area contributed by atoms with Gasteiger partial charge in [0, 0.05) is 0 Å². The molecule has 3 heterocycles. The average Bonchev–Trinajstić information content (AvgIpc) is 3.21. The van der Waals surface area contributed by atoms with Gasteiger partial charge in [0.05, 0.1) is 35.5 Å². The van der Waals surface area contributed by atoms with Gasteiger partial charge < -0.3 is 0 Å². The summed E-state index contributed by atoms with van der Waals surface area (Å²) in [6.07, 6.45) is 6.34. The van der Waals surface area contributed by atoms with Crippen LogP contribution in [0.3, 0.4) is 0 Å². The Labute approximate surface area is 125 Å². The standard InChI is InChI=1S/C14H12N8/c1-2-4-12-11(3-1)19-13(5-21-9-15-7-17-21)14(20-12)6-22-10-16-8-18-22/h1-4,7-10H,5-6H2. The highest BCUT2D eigenvalue weighted by atomic mass is 15.3. The summed E-state index contributed by atoms with van der Waals surface area (Å²) >= 11 is 0. The lowest BCUT2D eigenvalue weighted by molar-refractivity contribution is 0.628.